The van der Waals surface area contributed by atoms with Crippen LogP contribution in [0.1, 0.15) is 17.5 Å². The number of nitrogens with one attached hydrogen (secondary N) is 2. The van der Waals surface area contributed by atoms with Crippen LogP contribution in [0.5, 0.6) is 5.88 Å². The average Bonchev–Trinajstić information content (AvgIpc) is 3.08. The predicted octanol–water partition coefficient (Wildman–Crippen LogP) is 3.03. The first-order valence-electron chi connectivity index (χ1n) is 6.84. The lowest BCUT2D eigenvalue weighted by Crippen LogP contribution is -2.00. The van der Waals surface area contributed by atoms with E-state index in [1.54, 1.807) is 0 Å². The second kappa shape index (κ2) is 4.44. The van der Waals surface area contributed by atoms with Crippen molar-refractivity contribution in [1.82, 2.24) is 15.2 Å². The topological polar surface area (TPSA) is 73.8 Å². The van der Waals surface area contributed by atoms with Gasteiger partial charge in [0.15, 0.2) is 17.3 Å². The molecule has 1 aliphatic rings. The van der Waals surface area contributed by atoms with Gasteiger partial charge in [0.05, 0.1) is 5.39 Å². The Hall–Kier alpha value is -2.63. The molecule has 0 saturated heterocycles. The summed E-state index contributed by atoms with van der Waals surface area (Å²) in [5, 5.41) is 19.0. The molecule has 2 heterocycles. The number of rotatable bonds is 2. The SMILES string of the molecule is Oc1n[nH]c2nc(Nc3cccc4c3CCC4)c(F)cc12. The molecule has 0 radical (unpaired) electrons. The Morgan fingerprint density at radius 3 is 3.10 bits per heavy atom. The van der Waals surface area contributed by atoms with Gasteiger partial charge in [-0.15, -0.1) is 5.10 Å². The summed E-state index contributed by atoms with van der Waals surface area (Å²) >= 11 is 0. The maximum atomic E-state index is 14.1. The number of fused-ring (bicyclic) bond motifs is 2. The molecule has 106 valence electrons. The highest BCUT2D eigenvalue weighted by molar-refractivity contribution is 5.82. The first kappa shape index (κ1) is 12.1. The zero-order chi connectivity index (χ0) is 14.4. The highest BCUT2D eigenvalue weighted by atomic mass is 19.1. The molecule has 21 heavy (non-hydrogen) atoms. The number of aromatic hydroxyl groups is 1. The highest BCUT2D eigenvalue weighted by Gasteiger charge is 2.17. The summed E-state index contributed by atoms with van der Waals surface area (Å²) in [5.74, 6) is -0.634. The van der Waals surface area contributed by atoms with Crippen molar-refractivity contribution in [3.8, 4) is 5.88 Å². The molecule has 0 atom stereocenters. The van der Waals surface area contributed by atoms with Crippen LogP contribution in [0.4, 0.5) is 15.9 Å². The number of hydrogen-bond donors (Lipinski definition) is 3. The molecule has 1 aromatic carbocycles. The Labute approximate surface area is 119 Å². The van der Waals surface area contributed by atoms with Gasteiger partial charge in [-0.25, -0.2) is 9.37 Å². The third-order valence-corrected chi connectivity index (χ3v) is 3.88. The van der Waals surface area contributed by atoms with E-state index in [0.29, 0.717) is 5.65 Å². The van der Waals surface area contributed by atoms with E-state index < -0.39 is 5.82 Å². The number of anilines is 2. The van der Waals surface area contributed by atoms with Gasteiger partial charge in [-0.05, 0) is 42.5 Å². The summed E-state index contributed by atoms with van der Waals surface area (Å²) in [6, 6.07) is 7.23. The largest absolute Gasteiger partial charge is 0.492 e. The Balaban J connectivity index is 1.78. The Kier molecular flexibility index (Phi) is 2.57. The van der Waals surface area contributed by atoms with Gasteiger partial charge in [-0.3, -0.25) is 5.10 Å². The number of benzene rings is 1. The first-order valence-corrected chi connectivity index (χ1v) is 6.84. The predicted molar refractivity (Wildman–Crippen MR) is 77.3 cm³/mol. The van der Waals surface area contributed by atoms with Crippen LogP contribution >= 0.6 is 0 Å². The van der Waals surface area contributed by atoms with Crippen LogP contribution in [-0.2, 0) is 12.8 Å². The number of H-pyrrole nitrogens is 1. The maximum absolute atomic E-state index is 14.1. The molecule has 0 fully saturated rings. The number of aromatic amines is 1. The standard InChI is InChI=1S/C15H13FN4O/c16-11-7-10-13(19-20-15(10)21)18-14(11)17-12-6-2-4-8-3-1-5-9(8)12/h2,4,6-7H,1,3,5H2,(H3,17,18,19,20,21). The van der Waals surface area contributed by atoms with Gasteiger partial charge < -0.3 is 10.4 Å². The van der Waals surface area contributed by atoms with Crippen molar-refractivity contribution in [1.29, 1.82) is 0 Å². The number of aryl methyl sites for hydroxylation is 1. The fourth-order valence-corrected chi connectivity index (χ4v) is 2.86. The fraction of sp³-hybridized carbons (Fsp3) is 0.200. The normalized spacial score (nSPS) is 13.6. The van der Waals surface area contributed by atoms with Crippen molar-refractivity contribution >= 4 is 22.5 Å². The summed E-state index contributed by atoms with van der Waals surface area (Å²) in [7, 11) is 0. The van der Waals surface area contributed by atoms with Gasteiger partial charge in [-0.1, -0.05) is 12.1 Å². The molecule has 3 N–H and O–H groups in total. The van der Waals surface area contributed by atoms with E-state index in [1.807, 2.05) is 12.1 Å². The Morgan fingerprint density at radius 2 is 2.19 bits per heavy atom. The van der Waals surface area contributed by atoms with Crippen molar-refractivity contribution < 1.29 is 9.50 Å². The third kappa shape index (κ3) is 1.91. The molecular formula is C15H13FN4O. The highest BCUT2D eigenvalue weighted by Crippen LogP contribution is 2.32. The summed E-state index contributed by atoms with van der Waals surface area (Å²) in [5.41, 5.74) is 3.77. The maximum Gasteiger partial charge on any atom is 0.239 e. The monoisotopic (exact) mass is 284 g/mol. The number of nitrogens with zero attached hydrogens (tertiary/aromatic N) is 2. The van der Waals surface area contributed by atoms with E-state index in [1.165, 1.54) is 17.2 Å². The molecule has 0 amide bonds. The second-order valence-electron chi connectivity index (χ2n) is 5.18. The van der Waals surface area contributed by atoms with Gasteiger partial charge in [-0.2, -0.15) is 0 Å². The van der Waals surface area contributed by atoms with Crippen LogP contribution in [0.2, 0.25) is 0 Å². The zero-order valence-electron chi connectivity index (χ0n) is 11.2. The van der Waals surface area contributed by atoms with Crippen LogP contribution < -0.4 is 5.32 Å². The van der Waals surface area contributed by atoms with Crippen molar-refractivity contribution in [2.45, 2.75) is 19.3 Å². The van der Waals surface area contributed by atoms with E-state index in [0.717, 1.165) is 24.9 Å². The average molecular weight is 284 g/mol. The third-order valence-electron chi connectivity index (χ3n) is 3.88. The van der Waals surface area contributed by atoms with E-state index in [4.69, 9.17) is 0 Å². The summed E-state index contributed by atoms with van der Waals surface area (Å²) in [6.45, 7) is 0. The molecule has 3 aromatic rings. The van der Waals surface area contributed by atoms with Crippen molar-refractivity contribution in [3.05, 3.63) is 41.2 Å². The Bertz CT molecular complexity index is 843. The fourth-order valence-electron chi connectivity index (χ4n) is 2.86. The van der Waals surface area contributed by atoms with Crippen LogP contribution in [0, 0.1) is 5.82 Å². The number of hydrogen-bond acceptors (Lipinski definition) is 4. The van der Waals surface area contributed by atoms with Crippen molar-refractivity contribution in [2.24, 2.45) is 0 Å². The smallest absolute Gasteiger partial charge is 0.239 e. The zero-order valence-corrected chi connectivity index (χ0v) is 11.2. The van der Waals surface area contributed by atoms with Gasteiger partial charge in [0, 0.05) is 5.69 Å². The Morgan fingerprint density at radius 1 is 1.29 bits per heavy atom. The van der Waals surface area contributed by atoms with Gasteiger partial charge >= 0.3 is 0 Å². The van der Waals surface area contributed by atoms with Crippen LogP contribution in [0.3, 0.4) is 0 Å². The molecule has 5 nitrogen and oxygen atoms in total. The van der Waals surface area contributed by atoms with Crippen molar-refractivity contribution in [3.63, 3.8) is 0 Å². The van der Waals surface area contributed by atoms with Crippen molar-refractivity contribution in [2.75, 3.05) is 5.32 Å². The lowest BCUT2D eigenvalue weighted by Gasteiger charge is -2.11. The molecule has 4 rings (SSSR count). The number of aromatic nitrogens is 3. The molecule has 2 aromatic heterocycles. The summed E-state index contributed by atoms with van der Waals surface area (Å²) in [6.07, 6.45) is 3.18. The summed E-state index contributed by atoms with van der Waals surface area (Å²) in [4.78, 5) is 4.15. The molecule has 0 saturated carbocycles. The summed E-state index contributed by atoms with van der Waals surface area (Å²) < 4.78 is 14.1. The molecule has 6 heteroatoms. The molecular weight excluding hydrogens is 271 g/mol. The molecule has 0 spiro atoms. The number of halogens is 1. The van der Waals surface area contributed by atoms with E-state index in [-0.39, 0.29) is 17.1 Å². The first-order chi connectivity index (χ1) is 10.2. The van der Waals surface area contributed by atoms with Gasteiger partial charge in [0.2, 0.25) is 5.88 Å². The minimum absolute atomic E-state index is 0.131. The quantitative estimate of drug-likeness (QED) is 0.676. The van der Waals surface area contributed by atoms with Gasteiger partial charge in [0.25, 0.3) is 0 Å². The molecule has 1 aliphatic carbocycles. The van der Waals surface area contributed by atoms with Gasteiger partial charge in [0.1, 0.15) is 0 Å². The molecule has 0 unspecified atom stereocenters. The van der Waals surface area contributed by atoms with Crippen LogP contribution in [-0.4, -0.2) is 20.3 Å². The van der Waals surface area contributed by atoms with Crippen LogP contribution in [0.25, 0.3) is 11.0 Å². The van der Waals surface area contributed by atoms with Crippen LogP contribution in [0.15, 0.2) is 24.3 Å². The molecule has 0 bridgehead atoms. The lowest BCUT2D eigenvalue weighted by atomic mass is 10.1. The van der Waals surface area contributed by atoms with E-state index in [9.17, 15) is 9.50 Å². The minimum atomic E-state index is -0.519. The molecule has 0 aliphatic heterocycles. The second-order valence-corrected chi connectivity index (χ2v) is 5.18. The van der Waals surface area contributed by atoms with E-state index in [2.05, 4.69) is 26.6 Å². The minimum Gasteiger partial charge on any atom is -0.492 e. The lowest BCUT2D eigenvalue weighted by molar-refractivity contribution is 0.457. The number of pyridine rings is 1. The van der Waals surface area contributed by atoms with E-state index >= 15 is 0 Å².